The maximum atomic E-state index is 4.36. The van der Waals surface area contributed by atoms with Crippen molar-refractivity contribution in [2.75, 3.05) is 13.1 Å². The van der Waals surface area contributed by atoms with Crippen LogP contribution in [0.2, 0.25) is 0 Å². The first-order chi connectivity index (χ1) is 7.40. The van der Waals surface area contributed by atoms with Crippen molar-refractivity contribution < 1.29 is 0 Å². The standard InChI is InChI=1S/C11H17N3S.ClH/c1-2-10-5-14(4-3-9(1)13-10)6-11-7-15-8-12-11;/h7-10,13H,1-6H2;1H. The largest absolute Gasteiger partial charge is 0.310 e. The maximum absolute atomic E-state index is 4.36. The SMILES string of the molecule is Cl.c1nc(CN2CCC3CCC(C2)N3)cs1. The summed E-state index contributed by atoms with van der Waals surface area (Å²) in [6.07, 6.45) is 4.05. The van der Waals surface area contributed by atoms with E-state index < -0.39 is 0 Å². The van der Waals surface area contributed by atoms with Gasteiger partial charge in [-0.25, -0.2) is 4.98 Å². The van der Waals surface area contributed by atoms with Gasteiger partial charge < -0.3 is 5.32 Å². The number of hydrogen-bond acceptors (Lipinski definition) is 4. The van der Waals surface area contributed by atoms with Gasteiger partial charge in [0.2, 0.25) is 0 Å². The summed E-state index contributed by atoms with van der Waals surface area (Å²) in [7, 11) is 0. The monoisotopic (exact) mass is 259 g/mol. The van der Waals surface area contributed by atoms with Crippen LogP contribution in [0.5, 0.6) is 0 Å². The zero-order chi connectivity index (χ0) is 10.1. The fraction of sp³-hybridized carbons (Fsp3) is 0.727. The second kappa shape index (κ2) is 5.45. The summed E-state index contributed by atoms with van der Waals surface area (Å²) >= 11 is 1.70. The van der Waals surface area contributed by atoms with Gasteiger partial charge in [0.05, 0.1) is 11.2 Å². The molecule has 90 valence electrons. The molecule has 2 fully saturated rings. The Morgan fingerprint density at radius 1 is 1.38 bits per heavy atom. The van der Waals surface area contributed by atoms with Gasteiger partial charge in [-0.1, -0.05) is 0 Å². The highest BCUT2D eigenvalue weighted by Gasteiger charge is 2.29. The molecule has 2 saturated heterocycles. The van der Waals surface area contributed by atoms with Gasteiger partial charge in [0.1, 0.15) is 0 Å². The van der Waals surface area contributed by atoms with Crippen molar-refractivity contribution in [3.8, 4) is 0 Å². The van der Waals surface area contributed by atoms with Crippen molar-refractivity contribution in [2.45, 2.75) is 37.9 Å². The summed E-state index contributed by atoms with van der Waals surface area (Å²) in [5.74, 6) is 0. The third-order valence-corrected chi connectivity index (χ3v) is 4.11. The van der Waals surface area contributed by atoms with Crippen LogP contribution in [0.15, 0.2) is 10.9 Å². The molecule has 1 aromatic rings. The first kappa shape index (κ1) is 12.3. The summed E-state index contributed by atoms with van der Waals surface area (Å²) < 4.78 is 0. The Bertz CT molecular complexity index is 317. The number of hydrogen-bond donors (Lipinski definition) is 1. The van der Waals surface area contributed by atoms with Crippen LogP contribution in [0.1, 0.15) is 25.0 Å². The minimum atomic E-state index is 0. The Balaban J connectivity index is 0.000000963. The molecule has 2 aliphatic rings. The average molecular weight is 260 g/mol. The highest BCUT2D eigenvalue weighted by Crippen LogP contribution is 2.21. The zero-order valence-corrected chi connectivity index (χ0v) is 10.9. The summed E-state index contributed by atoms with van der Waals surface area (Å²) in [5, 5.41) is 5.87. The van der Waals surface area contributed by atoms with Crippen LogP contribution in [0.3, 0.4) is 0 Å². The van der Waals surface area contributed by atoms with E-state index in [-0.39, 0.29) is 12.4 Å². The molecule has 3 nitrogen and oxygen atoms in total. The molecule has 0 amide bonds. The van der Waals surface area contributed by atoms with Crippen LogP contribution in [0, 0.1) is 0 Å². The number of fused-ring (bicyclic) bond motifs is 2. The normalized spacial score (nSPS) is 29.8. The lowest BCUT2D eigenvalue weighted by Crippen LogP contribution is -2.35. The quantitative estimate of drug-likeness (QED) is 0.879. The van der Waals surface area contributed by atoms with E-state index in [9.17, 15) is 0 Å². The zero-order valence-electron chi connectivity index (χ0n) is 9.26. The summed E-state index contributed by atoms with van der Waals surface area (Å²) in [4.78, 5) is 6.91. The fourth-order valence-corrected chi connectivity index (χ4v) is 3.25. The Morgan fingerprint density at radius 2 is 2.25 bits per heavy atom. The predicted octanol–water partition coefficient (Wildman–Crippen LogP) is 1.89. The van der Waals surface area contributed by atoms with E-state index in [1.54, 1.807) is 11.3 Å². The van der Waals surface area contributed by atoms with E-state index in [1.807, 2.05) is 5.51 Å². The predicted molar refractivity (Wildman–Crippen MR) is 69.2 cm³/mol. The van der Waals surface area contributed by atoms with Gasteiger partial charge in [0.15, 0.2) is 0 Å². The van der Waals surface area contributed by atoms with Gasteiger partial charge in [-0.15, -0.1) is 23.7 Å². The lowest BCUT2D eigenvalue weighted by Gasteiger charge is -2.22. The lowest BCUT2D eigenvalue weighted by molar-refractivity contribution is 0.248. The van der Waals surface area contributed by atoms with E-state index >= 15 is 0 Å². The van der Waals surface area contributed by atoms with Crippen molar-refractivity contribution in [1.82, 2.24) is 15.2 Å². The number of rotatable bonds is 2. The number of thiazole rings is 1. The van der Waals surface area contributed by atoms with E-state index in [4.69, 9.17) is 0 Å². The number of nitrogens with one attached hydrogen (secondary N) is 1. The first-order valence-electron chi connectivity index (χ1n) is 5.75. The van der Waals surface area contributed by atoms with Crippen LogP contribution in [0.25, 0.3) is 0 Å². The van der Waals surface area contributed by atoms with Crippen LogP contribution in [-0.4, -0.2) is 35.1 Å². The van der Waals surface area contributed by atoms with Crippen molar-refractivity contribution in [3.63, 3.8) is 0 Å². The van der Waals surface area contributed by atoms with Gasteiger partial charge in [0.25, 0.3) is 0 Å². The molecular weight excluding hydrogens is 242 g/mol. The van der Waals surface area contributed by atoms with E-state index in [0.29, 0.717) is 0 Å². The molecular formula is C11H18ClN3S. The molecule has 3 heterocycles. The third kappa shape index (κ3) is 2.74. The van der Waals surface area contributed by atoms with Gasteiger partial charge >= 0.3 is 0 Å². The molecule has 2 aliphatic heterocycles. The van der Waals surface area contributed by atoms with E-state index in [0.717, 1.165) is 18.6 Å². The topological polar surface area (TPSA) is 28.2 Å². The summed E-state index contributed by atoms with van der Waals surface area (Å²) in [6.45, 7) is 3.47. The minimum Gasteiger partial charge on any atom is -0.310 e. The highest BCUT2D eigenvalue weighted by atomic mass is 35.5. The molecule has 0 spiro atoms. The second-order valence-electron chi connectivity index (χ2n) is 4.64. The van der Waals surface area contributed by atoms with Gasteiger partial charge in [0, 0.05) is 37.1 Å². The van der Waals surface area contributed by atoms with Crippen LogP contribution >= 0.6 is 23.7 Å². The van der Waals surface area contributed by atoms with E-state index in [1.165, 1.54) is 38.0 Å². The van der Waals surface area contributed by atoms with Crippen molar-refractivity contribution in [1.29, 1.82) is 0 Å². The molecule has 3 rings (SSSR count). The van der Waals surface area contributed by atoms with Crippen molar-refractivity contribution in [2.24, 2.45) is 0 Å². The molecule has 1 aromatic heterocycles. The van der Waals surface area contributed by atoms with E-state index in [2.05, 4.69) is 20.6 Å². The molecule has 2 unspecified atom stereocenters. The van der Waals surface area contributed by atoms with Gasteiger partial charge in [-0.3, -0.25) is 4.90 Å². The smallest absolute Gasteiger partial charge is 0.0795 e. The molecule has 0 aromatic carbocycles. The Kier molecular flexibility index (Phi) is 4.19. The van der Waals surface area contributed by atoms with Crippen LogP contribution < -0.4 is 5.32 Å². The molecule has 0 saturated carbocycles. The third-order valence-electron chi connectivity index (χ3n) is 3.48. The molecule has 2 atom stereocenters. The highest BCUT2D eigenvalue weighted by molar-refractivity contribution is 7.07. The molecule has 0 aliphatic carbocycles. The van der Waals surface area contributed by atoms with Gasteiger partial charge in [-0.05, 0) is 19.3 Å². The van der Waals surface area contributed by atoms with Crippen LogP contribution in [0.4, 0.5) is 0 Å². The molecule has 1 N–H and O–H groups in total. The van der Waals surface area contributed by atoms with Crippen LogP contribution in [-0.2, 0) is 6.54 Å². The Hall–Kier alpha value is -0.160. The molecule has 2 bridgehead atoms. The van der Waals surface area contributed by atoms with Crippen molar-refractivity contribution >= 4 is 23.7 Å². The molecule has 0 radical (unpaired) electrons. The lowest BCUT2D eigenvalue weighted by atomic mass is 10.1. The molecule has 5 heteroatoms. The van der Waals surface area contributed by atoms with Crippen molar-refractivity contribution in [3.05, 3.63) is 16.6 Å². The summed E-state index contributed by atoms with van der Waals surface area (Å²) in [5.41, 5.74) is 3.16. The maximum Gasteiger partial charge on any atom is 0.0795 e. The minimum absolute atomic E-state index is 0. The van der Waals surface area contributed by atoms with Gasteiger partial charge in [-0.2, -0.15) is 0 Å². The fourth-order valence-electron chi connectivity index (χ4n) is 2.70. The number of nitrogens with zero attached hydrogens (tertiary/aromatic N) is 2. The Labute approximate surface area is 107 Å². The first-order valence-corrected chi connectivity index (χ1v) is 6.70. The number of halogens is 1. The summed E-state index contributed by atoms with van der Waals surface area (Å²) in [6, 6.07) is 1.52. The molecule has 16 heavy (non-hydrogen) atoms. The average Bonchev–Trinajstić information content (AvgIpc) is 2.80. The number of likely N-dealkylation sites (tertiary alicyclic amines) is 1. The Morgan fingerprint density at radius 3 is 3.06 bits per heavy atom. The number of aromatic nitrogens is 1. The second-order valence-corrected chi connectivity index (χ2v) is 5.36.